The summed E-state index contributed by atoms with van der Waals surface area (Å²) < 4.78 is 0. The first-order chi connectivity index (χ1) is 8.50. The van der Waals surface area contributed by atoms with E-state index in [0.29, 0.717) is 6.54 Å². The number of aliphatic hydroxyl groups is 1. The van der Waals surface area contributed by atoms with Crippen molar-refractivity contribution in [2.45, 2.75) is 46.1 Å². The van der Waals surface area contributed by atoms with E-state index in [9.17, 15) is 5.11 Å². The maximum Gasteiger partial charge on any atom is 0.134 e. The minimum Gasteiger partial charge on any atom is -0.388 e. The normalized spacial score (nSPS) is 14.1. The van der Waals surface area contributed by atoms with Crippen molar-refractivity contribution in [3.05, 3.63) is 11.9 Å². The first kappa shape index (κ1) is 14.7. The number of hydrogen-bond acceptors (Lipinski definition) is 5. The molecule has 3 N–H and O–H groups in total. The molecule has 0 saturated carbocycles. The number of anilines is 2. The van der Waals surface area contributed by atoms with Crippen molar-refractivity contribution in [2.75, 3.05) is 23.7 Å². The number of aromatic nitrogens is 2. The molecule has 1 unspecified atom stereocenters. The van der Waals surface area contributed by atoms with E-state index in [1.165, 1.54) is 6.33 Å². The SMILES string of the molecule is CCCC(C)(O)CNc1ncnc(NCC)c1C. The molecule has 1 heterocycles. The topological polar surface area (TPSA) is 70.1 Å². The van der Waals surface area contributed by atoms with E-state index in [1.807, 2.05) is 20.8 Å². The van der Waals surface area contributed by atoms with Crippen molar-refractivity contribution >= 4 is 11.6 Å². The lowest BCUT2D eigenvalue weighted by atomic mass is 10.0. The predicted octanol–water partition coefficient (Wildman–Crippen LogP) is 2.18. The molecule has 0 bridgehead atoms. The lowest BCUT2D eigenvalue weighted by molar-refractivity contribution is 0.0636. The van der Waals surface area contributed by atoms with Crippen molar-refractivity contribution in [1.29, 1.82) is 0 Å². The second-order valence-electron chi connectivity index (χ2n) is 4.83. The van der Waals surface area contributed by atoms with Gasteiger partial charge >= 0.3 is 0 Å². The van der Waals surface area contributed by atoms with Crippen LogP contribution < -0.4 is 10.6 Å². The van der Waals surface area contributed by atoms with Gasteiger partial charge in [0, 0.05) is 18.7 Å². The number of hydrogen-bond donors (Lipinski definition) is 3. The molecule has 5 nitrogen and oxygen atoms in total. The molecule has 1 rings (SSSR count). The van der Waals surface area contributed by atoms with Crippen LogP contribution in [0, 0.1) is 6.92 Å². The Balaban J connectivity index is 2.70. The van der Waals surface area contributed by atoms with Crippen LogP contribution in [0.15, 0.2) is 6.33 Å². The molecule has 0 aromatic carbocycles. The standard InChI is InChI=1S/C13H24N4O/c1-5-7-13(4,18)8-15-12-10(3)11(14-6-2)16-9-17-12/h9,18H,5-8H2,1-4H3,(H2,14,15,16,17). The Labute approximate surface area is 109 Å². The smallest absolute Gasteiger partial charge is 0.134 e. The lowest BCUT2D eigenvalue weighted by Crippen LogP contribution is -2.33. The van der Waals surface area contributed by atoms with Gasteiger partial charge in [-0.3, -0.25) is 0 Å². The largest absolute Gasteiger partial charge is 0.388 e. The predicted molar refractivity (Wildman–Crippen MR) is 75.0 cm³/mol. The van der Waals surface area contributed by atoms with Gasteiger partial charge in [0.05, 0.1) is 5.60 Å². The van der Waals surface area contributed by atoms with Crippen LogP contribution in [0.25, 0.3) is 0 Å². The van der Waals surface area contributed by atoms with E-state index in [4.69, 9.17) is 0 Å². The van der Waals surface area contributed by atoms with Gasteiger partial charge in [-0.15, -0.1) is 0 Å². The highest BCUT2D eigenvalue weighted by Crippen LogP contribution is 2.19. The second kappa shape index (κ2) is 6.54. The molecule has 0 aliphatic carbocycles. The molecule has 0 spiro atoms. The molecule has 0 radical (unpaired) electrons. The third-order valence-corrected chi connectivity index (χ3v) is 2.85. The fourth-order valence-corrected chi connectivity index (χ4v) is 1.88. The molecule has 0 aliphatic heterocycles. The minimum atomic E-state index is -0.704. The van der Waals surface area contributed by atoms with Crippen LogP contribution in [0.4, 0.5) is 11.6 Å². The van der Waals surface area contributed by atoms with Crippen molar-refractivity contribution in [3.63, 3.8) is 0 Å². The Kier molecular flexibility index (Phi) is 5.34. The number of nitrogens with one attached hydrogen (secondary N) is 2. The fraction of sp³-hybridized carbons (Fsp3) is 0.692. The molecular formula is C13H24N4O. The van der Waals surface area contributed by atoms with E-state index < -0.39 is 5.60 Å². The van der Waals surface area contributed by atoms with E-state index in [0.717, 1.165) is 36.6 Å². The van der Waals surface area contributed by atoms with Crippen molar-refractivity contribution < 1.29 is 5.11 Å². The Morgan fingerprint density at radius 3 is 2.39 bits per heavy atom. The van der Waals surface area contributed by atoms with Gasteiger partial charge in [0.1, 0.15) is 18.0 Å². The summed E-state index contributed by atoms with van der Waals surface area (Å²) in [4.78, 5) is 8.40. The quantitative estimate of drug-likeness (QED) is 0.694. The lowest BCUT2D eigenvalue weighted by Gasteiger charge is -2.24. The molecule has 0 fully saturated rings. The first-order valence-corrected chi connectivity index (χ1v) is 6.52. The van der Waals surface area contributed by atoms with Crippen LogP contribution in [-0.2, 0) is 0 Å². The zero-order valence-corrected chi connectivity index (χ0v) is 11.7. The zero-order chi connectivity index (χ0) is 13.6. The van der Waals surface area contributed by atoms with Crippen molar-refractivity contribution in [2.24, 2.45) is 0 Å². The summed E-state index contributed by atoms with van der Waals surface area (Å²) >= 11 is 0. The Bertz CT molecular complexity index is 379. The van der Waals surface area contributed by atoms with Crippen LogP contribution in [0.5, 0.6) is 0 Å². The summed E-state index contributed by atoms with van der Waals surface area (Å²) in [6.45, 7) is 9.21. The maximum atomic E-state index is 10.1. The third kappa shape index (κ3) is 4.14. The summed E-state index contributed by atoms with van der Waals surface area (Å²) in [6, 6.07) is 0. The summed E-state index contributed by atoms with van der Waals surface area (Å²) in [7, 11) is 0. The fourth-order valence-electron chi connectivity index (χ4n) is 1.88. The molecule has 5 heteroatoms. The number of nitrogens with zero attached hydrogens (tertiary/aromatic N) is 2. The monoisotopic (exact) mass is 252 g/mol. The van der Waals surface area contributed by atoms with Crippen molar-refractivity contribution in [1.82, 2.24) is 9.97 Å². The van der Waals surface area contributed by atoms with E-state index in [2.05, 4.69) is 27.5 Å². The second-order valence-corrected chi connectivity index (χ2v) is 4.83. The summed E-state index contributed by atoms with van der Waals surface area (Å²) in [5, 5.41) is 16.5. The Hall–Kier alpha value is -1.36. The molecule has 1 aromatic rings. The van der Waals surface area contributed by atoms with Crippen LogP contribution in [-0.4, -0.2) is 33.8 Å². The summed E-state index contributed by atoms with van der Waals surface area (Å²) in [5.41, 5.74) is 0.274. The van der Waals surface area contributed by atoms with Crippen LogP contribution in [0.2, 0.25) is 0 Å². The highest BCUT2D eigenvalue weighted by molar-refractivity contribution is 5.56. The molecule has 0 saturated heterocycles. The van der Waals surface area contributed by atoms with Crippen LogP contribution in [0.3, 0.4) is 0 Å². The number of rotatable bonds is 7. The van der Waals surface area contributed by atoms with Crippen LogP contribution >= 0.6 is 0 Å². The third-order valence-electron chi connectivity index (χ3n) is 2.85. The Morgan fingerprint density at radius 2 is 1.83 bits per heavy atom. The van der Waals surface area contributed by atoms with Crippen molar-refractivity contribution in [3.8, 4) is 0 Å². The van der Waals surface area contributed by atoms with Gasteiger partial charge in [-0.1, -0.05) is 13.3 Å². The molecule has 0 aliphatic rings. The molecule has 18 heavy (non-hydrogen) atoms. The van der Waals surface area contributed by atoms with Gasteiger partial charge in [-0.05, 0) is 27.2 Å². The summed E-state index contributed by atoms with van der Waals surface area (Å²) in [5.74, 6) is 1.61. The van der Waals surface area contributed by atoms with E-state index in [1.54, 1.807) is 0 Å². The van der Waals surface area contributed by atoms with Crippen LogP contribution in [0.1, 0.15) is 39.2 Å². The Morgan fingerprint density at radius 1 is 1.22 bits per heavy atom. The van der Waals surface area contributed by atoms with Gasteiger partial charge in [0.2, 0.25) is 0 Å². The van der Waals surface area contributed by atoms with Gasteiger partial charge in [0.15, 0.2) is 0 Å². The zero-order valence-electron chi connectivity index (χ0n) is 11.7. The maximum absolute atomic E-state index is 10.1. The van der Waals surface area contributed by atoms with E-state index >= 15 is 0 Å². The highest BCUT2D eigenvalue weighted by atomic mass is 16.3. The van der Waals surface area contributed by atoms with Gasteiger partial charge in [-0.25, -0.2) is 9.97 Å². The summed E-state index contributed by atoms with van der Waals surface area (Å²) in [6.07, 6.45) is 3.26. The van der Waals surface area contributed by atoms with E-state index in [-0.39, 0.29) is 0 Å². The van der Waals surface area contributed by atoms with Gasteiger partial charge < -0.3 is 15.7 Å². The molecule has 102 valence electrons. The first-order valence-electron chi connectivity index (χ1n) is 6.52. The molecule has 0 amide bonds. The molecule has 1 aromatic heterocycles. The average Bonchev–Trinajstić information content (AvgIpc) is 2.30. The average molecular weight is 252 g/mol. The van der Waals surface area contributed by atoms with Gasteiger partial charge in [0.25, 0.3) is 0 Å². The minimum absolute atomic E-state index is 0.490. The molecule has 1 atom stereocenters. The van der Waals surface area contributed by atoms with Gasteiger partial charge in [-0.2, -0.15) is 0 Å². The highest BCUT2D eigenvalue weighted by Gasteiger charge is 2.19. The molecular weight excluding hydrogens is 228 g/mol.